The molecule has 2 amide bonds. The molecule has 0 spiro atoms. The molecule has 4 aliphatic heterocycles. The van der Waals surface area contributed by atoms with Crippen LogP contribution in [0.15, 0.2) is 31.3 Å². The molecule has 4 atom stereocenters. The van der Waals surface area contributed by atoms with Gasteiger partial charge in [0.15, 0.2) is 0 Å². The zero-order valence-electron chi connectivity index (χ0n) is 32.6. The number of amides is 2. The molecule has 2 saturated heterocycles. The van der Waals surface area contributed by atoms with Crippen LogP contribution in [0, 0.1) is 0 Å². The molecule has 18 nitrogen and oxygen atoms in total. The summed E-state index contributed by atoms with van der Waals surface area (Å²) in [6.07, 6.45) is 0.738. The standard InChI is InChI=1S/C16H21BrClN3O5S2.C16H22ClN3O5S2.CO2/c1-15(2,3)26-14(22)19-13-20-16(11-9(18)8-10(17)27-11)6-5-7-25-12(16)28(23,24)21(13)4;1-15(2,3)25-14(21)18-13-19-16(11-10(17)6-9-26-11)7-5-8-24-12(16)27(22,23)20(13)4;2-1-3/h8,12H,5-7H2,1-4H3,(H,19,20,22);6,9,12H,5,7-8H2,1-4H3,(H,18,19,21);/t2*12?,16-;/m11./s1. The van der Waals surface area contributed by atoms with E-state index in [2.05, 4.69) is 36.5 Å². The van der Waals surface area contributed by atoms with Gasteiger partial charge in [-0.2, -0.15) is 9.59 Å². The van der Waals surface area contributed by atoms with E-state index in [0.29, 0.717) is 58.7 Å². The van der Waals surface area contributed by atoms with Gasteiger partial charge in [0, 0.05) is 27.3 Å². The van der Waals surface area contributed by atoms with Crippen LogP contribution < -0.4 is 10.6 Å². The molecule has 6 heterocycles. The number of rotatable bonds is 2. The molecule has 0 aromatic carbocycles. The van der Waals surface area contributed by atoms with Crippen molar-refractivity contribution < 1.29 is 55.0 Å². The number of guanidine groups is 2. The first-order valence-electron chi connectivity index (χ1n) is 17.3. The molecular formula is C33H43BrCl2N6O12S4. The molecule has 4 aliphatic rings. The van der Waals surface area contributed by atoms with Crippen LogP contribution in [0.5, 0.6) is 0 Å². The van der Waals surface area contributed by atoms with Crippen molar-refractivity contribution in [1.82, 2.24) is 19.2 Å². The molecule has 0 aliphatic carbocycles. The quantitative estimate of drug-likeness (QED) is 0.356. The monoisotopic (exact) mass is 992 g/mol. The zero-order chi connectivity index (χ0) is 43.6. The van der Waals surface area contributed by atoms with Crippen molar-refractivity contribution in [2.24, 2.45) is 9.98 Å². The minimum Gasteiger partial charge on any atom is -0.444 e. The van der Waals surface area contributed by atoms with E-state index in [9.17, 15) is 26.4 Å². The van der Waals surface area contributed by atoms with Gasteiger partial charge in [-0.15, -0.1) is 22.7 Å². The van der Waals surface area contributed by atoms with Crippen molar-refractivity contribution in [3.63, 3.8) is 0 Å². The van der Waals surface area contributed by atoms with Crippen molar-refractivity contribution in [2.75, 3.05) is 27.3 Å². The van der Waals surface area contributed by atoms with Gasteiger partial charge in [-0.1, -0.05) is 23.2 Å². The Morgan fingerprint density at radius 2 is 1.26 bits per heavy atom. The Labute approximate surface area is 362 Å². The molecule has 2 aromatic rings. The lowest BCUT2D eigenvalue weighted by Crippen LogP contribution is -2.61. The van der Waals surface area contributed by atoms with Crippen molar-refractivity contribution in [2.45, 2.75) is 100 Å². The number of aliphatic imine (C=N–C) groups is 2. The third-order valence-corrected chi connectivity index (χ3v) is 16.3. The van der Waals surface area contributed by atoms with E-state index in [0.717, 1.165) is 12.4 Å². The maximum absolute atomic E-state index is 13.2. The second kappa shape index (κ2) is 18.0. The summed E-state index contributed by atoms with van der Waals surface area (Å²) >= 11 is 18.7. The van der Waals surface area contributed by atoms with E-state index < -0.39 is 65.4 Å². The van der Waals surface area contributed by atoms with Gasteiger partial charge < -0.3 is 18.9 Å². The van der Waals surface area contributed by atoms with E-state index in [1.54, 1.807) is 59.1 Å². The molecular weight excluding hydrogens is 951 g/mol. The number of alkyl carbamates (subject to hydrolysis) is 2. The fourth-order valence-corrected chi connectivity index (χ4v) is 13.4. The van der Waals surface area contributed by atoms with Crippen molar-refractivity contribution >= 4 is 112 Å². The van der Waals surface area contributed by atoms with Gasteiger partial charge in [0.2, 0.25) is 22.8 Å². The number of ether oxygens (including phenoxy) is 4. The van der Waals surface area contributed by atoms with Crippen LogP contribution in [0.4, 0.5) is 9.59 Å². The molecule has 2 aromatic heterocycles. The Morgan fingerprint density at radius 1 is 0.845 bits per heavy atom. The Morgan fingerprint density at radius 3 is 1.60 bits per heavy atom. The summed E-state index contributed by atoms with van der Waals surface area (Å²) in [7, 11) is -5.27. The summed E-state index contributed by atoms with van der Waals surface area (Å²) in [6.45, 7) is 10.9. The largest absolute Gasteiger partial charge is 0.444 e. The smallest absolute Gasteiger partial charge is 0.414 e. The van der Waals surface area contributed by atoms with Crippen LogP contribution >= 0.6 is 61.8 Å². The minimum atomic E-state index is -3.97. The SMILES string of the molecule is CN1C(NC(=O)OC(C)(C)C)=N[C@@]2(c3sc(Br)cc3Cl)CCCOC2S1(=O)=O.CN1C(NC(=O)OC(C)(C)C)=N[C@@]2(c3sccc3Cl)CCCOC2S1(=O)=O.O=C=O. The number of halogens is 3. The van der Waals surface area contributed by atoms with Crippen LogP contribution in [0.3, 0.4) is 0 Å². The highest BCUT2D eigenvalue weighted by Gasteiger charge is 2.59. The third kappa shape index (κ3) is 10.2. The summed E-state index contributed by atoms with van der Waals surface area (Å²) in [5.74, 6) is -0.243. The lowest BCUT2D eigenvalue weighted by atomic mass is 9.91. The zero-order valence-corrected chi connectivity index (χ0v) is 38.9. The van der Waals surface area contributed by atoms with Gasteiger partial charge >= 0.3 is 18.3 Å². The number of nitrogens with zero attached hydrogens (tertiary/aromatic N) is 4. The Balaban J connectivity index is 0.000000241. The molecule has 2 fully saturated rings. The topological polar surface area (TPSA) is 229 Å². The molecule has 0 bridgehead atoms. The summed E-state index contributed by atoms with van der Waals surface area (Å²) in [5, 5.41) is 7.53. The first kappa shape index (κ1) is 47.8. The second-order valence-corrected chi connectivity index (χ2v) is 23.2. The van der Waals surface area contributed by atoms with Gasteiger partial charge in [-0.25, -0.2) is 45.0 Å². The maximum Gasteiger partial charge on any atom is 0.414 e. The number of carbonyl (C=O) groups excluding carboxylic acids is 4. The van der Waals surface area contributed by atoms with Gasteiger partial charge in [-0.3, -0.25) is 10.6 Å². The highest BCUT2D eigenvalue weighted by atomic mass is 79.9. The average molecular weight is 995 g/mol. The number of fused-ring (bicyclic) bond motifs is 2. The number of sulfonamides is 2. The third-order valence-electron chi connectivity index (χ3n) is 8.52. The Bertz CT molecular complexity index is 2200. The van der Waals surface area contributed by atoms with Crippen LogP contribution in [0.2, 0.25) is 10.0 Å². The molecule has 6 rings (SSSR count). The molecule has 2 N–H and O–H groups in total. The molecule has 0 radical (unpaired) electrons. The van der Waals surface area contributed by atoms with Crippen molar-refractivity contribution in [1.29, 1.82) is 0 Å². The lowest BCUT2D eigenvalue weighted by molar-refractivity contribution is -0.191. The molecule has 322 valence electrons. The van der Waals surface area contributed by atoms with Crippen LogP contribution in [-0.4, -0.2) is 105 Å². The summed E-state index contributed by atoms with van der Waals surface area (Å²) in [5.41, 5.74) is -6.37. The number of nitrogens with one attached hydrogen (secondary N) is 2. The van der Waals surface area contributed by atoms with Crippen LogP contribution in [-0.2, 0) is 59.7 Å². The van der Waals surface area contributed by atoms with E-state index in [4.69, 9.17) is 51.7 Å². The number of carbonyl (C=O) groups is 2. The second-order valence-electron chi connectivity index (χ2n) is 15.0. The van der Waals surface area contributed by atoms with Crippen LogP contribution in [0.25, 0.3) is 0 Å². The first-order chi connectivity index (χ1) is 26.8. The predicted molar refractivity (Wildman–Crippen MR) is 220 cm³/mol. The lowest BCUT2D eigenvalue weighted by Gasteiger charge is -2.45. The number of hydrogen-bond acceptors (Lipinski definition) is 16. The summed E-state index contributed by atoms with van der Waals surface area (Å²) in [6, 6.07) is 3.40. The van der Waals surface area contributed by atoms with Crippen LogP contribution in [0.1, 0.15) is 77.0 Å². The average Bonchev–Trinajstić information content (AvgIpc) is 3.69. The summed E-state index contributed by atoms with van der Waals surface area (Å²) < 4.78 is 77.0. The van der Waals surface area contributed by atoms with E-state index in [1.807, 2.05) is 0 Å². The highest BCUT2D eigenvalue weighted by Crippen LogP contribution is 2.51. The predicted octanol–water partition coefficient (Wildman–Crippen LogP) is 5.96. The molecule has 58 heavy (non-hydrogen) atoms. The first-order valence-corrected chi connectivity index (χ1v) is 23.6. The van der Waals surface area contributed by atoms with Gasteiger partial charge in [-0.05, 0) is 101 Å². The Hall–Kier alpha value is -2.86. The molecule has 2 unspecified atom stereocenters. The van der Waals surface area contributed by atoms with Crippen molar-refractivity contribution in [3.05, 3.63) is 41.1 Å². The summed E-state index contributed by atoms with van der Waals surface area (Å²) in [4.78, 5) is 51.2. The number of hydrogen-bond donors (Lipinski definition) is 2. The van der Waals surface area contributed by atoms with Gasteiger partial charge in [0.25, 0.3) is 20.0 Å². The fourth-order valence-electron chi connectivity index (χ4n) is 6.29. The highest BCUT2D eigenvalue weighted by molar-refractivity contribution is 9.11. The maximum atomic E-state index is 13.2. The van der Waals surface area contributed by atoms with E-state index >= 15 is 0 Å². The Kier molecular flexibility index (Phi) is 14.8. The molecule has 25 heteroatoms. The van der Waals surface area contributed by atoms with Crippen molar-refractivity contribution in [3.8, 4) is 0 Å². The van der Waals surface area contributed by atoms with Gasteiger partial charge in [0.05, 0.1) is 23.6 Å². The molecule has 0 saturated carbocycles. The van der Waals surface area contributed by atoms with E-state index in [-0.39, 0.29) is 18.1 Å². The number of thiophene rings is 2. The van der Waals surface area contributed by atoms with E-state index in [1.165, 1.54) is 36.8 Å². The normalized spacial score (nSPS) is 26.0. The fraction of sp³-hybridized carbons (Fsp3) is 0.606. The van der Waals surface area contributed by atoms with Gasteiger partial charge in [0.1, 0.15) is 22.3 Å². The minimum absolute atomic E-state index is 0.115.